The number of amides is 1. The Morgan fingerprint density at radius 2 is 2.00 bits per heavy atom. The van der Waals surface area contributed by atoms with Gasteiger partial charge in [-0.1, -0.05) is 17.7 Å². The summed E-state index contributed by atoms with van der Waals surface area (Å²) in [7, 11) is 3.33. The zero-order valence-electron chi connectivity index (χ0n) is 18.1. The van der Waals surface area contributed by atoms with Gasteiger partial charge in [0.05, 0.1) is 23.5 Å². The first-order valence-corrected chi connectivity index (χ1v) is 10.7. The van der Waals surface area contributed by atoms with Crippen LogP contribution in [0.4, 0.5) is 10.1 Å². The van der Waals surface area contributed by atoms with Crippen molar-refractivity contribution in [3.8, 4) is 11.5 Å². The predicted octanol–water partition coefficient (Wildman–Crippen LogP) is 4.37. The van der Waals surface area contributed by atoms with Crippen molar-refractivity contribution in [2.24, 2.45) is 7.05 Å². The van der Waals surface area contributed by atoms with Crippen molar-refractivity contribution in [3.63, 3.8) is 0 Å². The SMILES string of the molecule is COc1ccc(/C=C2/NC(=S)N(c3cn(C)nc3C)C2=O)cc1COc1ccc(F)cc1Cl. The number of anilines is 1. The minimum atomic E-state index is -0.444. The predicted molar refractivity (Wildman–Crippen MR) is 128 cm³/mol. The summed E-state index contributed by atoms with van der Waals surface area (Å²) in [6.45, 7) is 1.95. The zero-order chi connectivity index (χ0) is 23.7. The van der Waals surface area contributed by atoms with Gasteiger partial charge in [-0.25, -0.2) is 9.29 Å². The number of benzene rings is 2. The highest BCUT2D eigenvalue weighted by molar-refractivity contribution is 7.80. The van der Waals surface area contributed by atoms with Gasteiger partial charge in [-0.05, 0) is 61.1 Å². The minimum absolute atomic E-state index is 0.131. The molecule has 33 heavy (non-hydrogen) atoms. The number of thiocarbonyl (C=S) groups is 1. The first-order chi connectivity index (χ1) is 15.8. The van der Waals surface area contributed by atoms with Crippen LogP contribution in [0.3, 0.4) is 0 Å². The molecule has 170 valence electrons. The van der Waals surface area contributed by atoms with Gasteiger partial charge in [-0.3, -0.25) is 9.48 Å². The topological polar surface area (TPSA) is 68.6 Å². The Kier molecular flexibility index (Phi) is 6.35. The number of halogens is 2. The summed E-state index contributed by atoms with van der Waals surface area (Å²) in [6.07, 6.45) is 3.45. The maximum Gasteiger partial charge on any atom is 0.281 e. The molecule has 0 aliphatic carbocycles. The fourth-order valence-corrected chi connectivity index (χ4v) is 3.99. The van der Waals surface area contributed by atoms with Crippen molar-refractivity contribution in [1.29, 1.82) is 0 Å². The molecule has 2 heterocycles. The Labute approximate surface area is 200 Å². The van der Waals surface area contributed by atoms with Crippen molar-refractivity contribution in [1.82, 2.24) is 15.1 Å². The standard InChI is InChI=1S/C23H20ClFN4O3S/c1-13-19(11-28(2)27-13)29-22(30)18(26-23(29)33)9-14-4-6-20(31-3)15(8-14)12-32-21-7-5-16(25)10-17(21)24/h4-11H,12H2,1-3H3,(H,26,33)/b18-9+. The molecule has 1 aromatic heterocycles. The van der Waals surface area contributed by atoms with Crippen LogP contribution in [0.2, 0.25) is 5.02 Å². The summed E-state index contributed by atoms with van der Waals surface area (Å²) in [5, 5.41) is 7.71. The highest BCUT2D eigenvalue weighted by atomic mass is 35.5. The van der Waals surface area contributed by atoms with E-state index in [1.807, 2.05) is 19.1 Å². The van der Waals surface area contributed by atoms with E-state index in [9.17, 15) is 9.18 Å². The zero-order valence-corrected chi connectivity index (χ0v) is 19.6. The quantitative estimate of drug-likeness (QED) is 0.412. The van der Waals surface area contributed by atoms with Gasteiger partial charge in [0.15, 0.2) is 5.11 Å². The number of hydrogen-bond acceptors (Lipinski definition) is 5. The van der Waals surface area contributed by atoms with E-state index in [4.69, 9.17) is 33.3 Å². The monoisotopic (exact) mass is 486 g/mol. The van der Waals surface area contributed by atoms with Gasteiger partial charge >= 0.3 is 0 Å². The molecule has 1 aliphatic rings. The lowest BCUT2D eigenvalue weighted by atomic mass is 10.1. The average molecular weight is 487 g/mol. The third kappa shape index (κ3) is 4.69. The summed E-state index contributed by atoms with van der Waals surface area (Å²) in [5.41, 5.74) is 3.12. The average Bonchev–Trinajstić information content (AvgIpc) is 3.23. The third-order valence-corrected chi connectivity index (χ3v) is 5.58. The Morgan fingerprint density at radius 1 is 1.24 bits per heavy atom. The van der Waals surface area contributed by atoms with Crippen LogP contribution < -0.4 is 19.7 Å². The summed E-state index contributed by atoms with van der Waals surface area (Å²) in [4.78, 5) is 14.5. The normalized spacial score (nSPS) is 14.7. The molecule has 0 atom stereocenters. The van der Waals surface area contributed by atoms with Gasteiger partial charge < -0.3 is 14.8 Å². The number of nitrogens with one attached hydrogen (secondary N) is 1. The van der Waals surface area contributed by atoms with Crippen LogP contribution in [0, 0.1) is 12.7 Å². The van der Waals surface area contributed by atoms with Crippen molar-refractivity contribution >= 4 is 46.6 Å². The van der Waals surface area contributed by atoms with E-state index >= 15 is 0 Å². The molecule has 1 aliphatic heterocycles. The smallest absolute Gasteiger partial charge is 0.281 e. The number of carbonyl (C=O) groups excluding carboxylic acids is 1. The van der Waals surface area contributed by atoms with Crippen LogP contribution in [0.5, 0.6) is 11.5 Å². The van der Waals surface area contributed by atoms with Crippen LogP contribution in [0.15, 0.2) is 48.3 Å². The van der Waals surface area contributed by atoms with Gasteiger partial charge in [0, 0.05) is 18.8 Å². The molecule has 3 aromatic rings. The van der Waals surface area contributed by atoms with Gasteiger partial charge in [0.1, 0.15) is 29.6 Å². The largest absolute Gasteiger partial charge is 0.496 e. The second kappa shape index (κ2) is 9.21. The van der Waals surface area contributed by atoms with E-state index in [1.165, 1.54) is 23.1 Å². The Hall–Kier alpha value is -3.43. The lowest BCUT2D eigenvalue weighted by Crippen LogP contribution is -2.30. The fourth-order valence-electron chi connectivity index (χ4n) is 3.48. The summed E-state index contributed by atoms with van der Waals surface area (Å²) >= 11 is 11.4. The Morgan fingerprint density at radius 3 is 2.67 bits per heavy atom. The molecule has 1 amide bonds. The summed E-state index contributed by atoms with van der Waals surface area (Å²) < 4.78 is 26.1. The number of ether oxygens (including phenoxy) is 2. The van der Waals surface area contributed by atoms with Gasteiger partial charge in [0.25, 0.3) is 5.91 Å². The number of carbonyl (C=O) groups is 1. The van der Waals surface area contributed by atoms with Crippen LogP contribution in [0.25, 0.3) is 6.08 Å². The molecule has 2 aromatic carbocycles. The van der Waals surface area contributed by atoms with Gasteiger partial charge in [-0.2, -0.15) is 5.10 Å². The summed E-state index contributed by atoms with van der Waals surface area (Å²) in [6, 6.07) is 9.35. The molecule has 1 saturated heterocycles. The van der Waals surface area contributed by atoms with Crippen LogP contribution >= 0.6 is 23.8 Å². The van der Waals surface area contributed by atoms with Crippen LogP contribution in [-0.2, 0) is 18.4 Å². The molecular formula is C23H20ClFN4O3S. The summed E-state index contributed by atoms with van der Waals surface area (Å²) in [5.74, 6) is 0.233. The number of aromatic nitrogens is 2. The molecule has 0 spiro atoms. The highest BCUT2D eigenvalue weighted by Gasteiger charge is 2.33. The van der Waals surface area contributed by atoms with E-state index in [2.05, 4.69) is 10.4 Å². The van der Waals surface area contributed by atoms with Crippen LogP contribution in [-0.4, -0.2) is 27.9 Å². The number of nitrogens with zero attached hydrogens (tertiary/aromatic N) is 3. The molecule has 4 rings (SSSR count). The van der Waals surface area contributed by atoms with E-state index in [0.717, 1.165) is 11.1 Å². The molecule has 0 bridgehead atoms. The molecule has 10 heteroatoms. The van der Waals surface area contributed by atoms with E-state index in [1.54, 1.807) is 37.2 Å². The first kappa shape index (κ1) is 22.8. The third-order valence-electron chi connectivity index (χ3n) is 5.00. The number of methoxy groups -OCH3 is 1. The highest BCUT2D eigenvalue weighted by Crippen LogP contribution is 2.29. The molecule has 1 N–H and O–H groups in total. The van der Waals surface area contributed by atoms with Gasteiger partial charge in [0.2, 0.25) is 0 Å². The maximum absolute atomic E-state index is 13.3. The molecule has 0 radical (unpaired) electrons. The van der Waals surface area contributed by atoms with Crippen molar-refractivity contribution < 1.29 is 18.7 Å². The molecule has 7 nitrogen and oxygen atoms in total. The molecule has 0 saturated carbocycles. The molecule has 0 unspecified atom stereocenters. The number of aryl methyl sites for hydroxylation is 2. The van der Waals surface area contributed by atoms with Gasteiger partial charge in [-0.15, -0.1) is 0 Å². The fraction of sp³-hybridized carbons (Fsp3) is 0.174. The van der Waals surface area contributed by atoms with E-state index < -0.39 is 5.82 Å². The lowest BCUT2D eigenvalue weighted by molar-refractivity contribution is -0.113. The van der Waals surface area contributed by atoms with Crippen LogP contribution in [0.1, 0.15) is 16.8 Å². The van der Waals surface area contributed by atoms with Crippen molar-refractivity contribution in [2.75, 3.05) is 12.0 Å². The minimum Gasteiger partial charge on any atom is -0.496 e. The Bertz CT molecular complexity index is 1290. The first-order valence-electron chi connectivity index (χ1n) is 9.89. The number of rotatable bonds is 6. The lowest BCUT2D eigenvalue weighted by Gasteiger charge is -2.12. The molecule has 1 fully saturated rings. The van der Waals surface area contributed by atoms with Crippen molar-refractivity contribution in [2.45, 2.75) is 13.5 Å². The Balaban J connectivity index is 1.58. The second-order valence-corrected chi connectivity index (χ2v) is 8.13. The van der Waals surface area contributed by atoms with E-state index in [0.29, 0.717) is 28.6 Å². The van der Waals surface area contributed by atoms with Crippen molar-refractivity contribution in [3.05, 3.63) is 76.0 Å². The maximum atomic E-state index is 13.3. The molecular weight excluding hydrogens is 467 g/mol. The van der Waals surface area contributed by atoms with E-state index in [-0.39, 0.29) is 22.6 Å². The second-order valence-electron chi connectivity index (χ2n) is 7.34. The number of hydrogen-bond donors (Lipinski definition) is 1.